The highest BCUT2D eigenvalue weighted by molar-refractivity contribution is 5.98. The summed E-state index contributed by atoms with van der Waals surface area (Å²) < 4.78 is 72.4. The van der Waals surface area contributed by atoms with E-state index < -0.39 is 53.3 Å². The number of para-hydroxylation sites is 1. The number of phenols is 1. The molecule has 4 heteroatoms. The summed E-state index contributed by atoms with van der Waals surface area (Å²) in [7, 11) is 0. The predicted octanol–water partition coefficient (Wildman–Crippen LogP) is 17.6. The smallest absolute Gasteiger partial charge is 0.149 e. The third-order valence-electron chi connectivity index (χ3n) is 13.2. The Bertz CT molecular complexity index is 3800. The quantitative estimate of drug-likeness (QED) is 0.173. The molecule has 0 atom stereocenters. The molecule has 0 fully saturated rings. The Balaban J connectivity index is 1.40. The van der Waals surface area contributed by atoms with Crippen LogP contribution in [0.15, 0.2) is 164 Å². The van der Waals surface area contributed by atoms with Gasteiger partial charge in [-0.1, -0.05) is 192 Å². The van der Waals surface area contributed by atoms with Crippen molar-refractivity contribution >= 4 is 11.0 Å². The zero-order valence-electron chi connectivity index (χ0n) is 50.3. The van der Waals surface area contributed by atoms with Crippen LogP contribution in [-0.4, -0.2) is 19.6 Å². The van der Waals surface area contributed by atoms with Gasteiger partial charge in [-0.25, -0.2) is 4.98 Å². The Morgan fingerprint density at radius 1 is 0.493 bits per heavy atom. The lowest BCUT2D eigenvalue weighted by Crippen LogP contribution is -2.17. The molecule has 9 aromatic rings. The Hall–Kier alpha value is -7.04. The summed E-state index contributed by atoms with van der Waals surface area (Å²) >= 11 is 0. The topological polar surface area (TPSA) is 50.9 Å². The Labute approximate surface area is 422 Å². The highest BCUT2D eigenvalue weighted by atomic mass is 16.3. The zero-order chi connectivity index (χ0) is 56.2. The monoisotopic (exact) mass is 914 g/mol. The number of hydrogen-bond donors (Lipinski definition) is 1. The van der Waals surface area contributed by atoms with Crippen molar-refractivity contribution in [2.45, 2.75) is 112 Å². The van der Waals surface area contributed by atoms with Crippen molar-refractivity contribution in [3.63, 3.8) is 0 Å². The maximum absolute atomic E-state index is 12.8. The van der Waals surface area contributed by atoms with Crippen LogP contribution < -0.4 is 0 Å². The molecule has 0 saturated carbocycles. The van der Waals surface area contributed by atoms with Crippen molar-refractivity contribution < 1.29 is 16.1 Å². The van der Waals surface area contributed by atoms with E-state index in [0.717, 1.165) is 66.8 Å². The minimum atomic E-state index is -0.602. The van der Waals surface area contributed by atoms with Gasteiger partial charge in [0.25, 0.3) is 0 Å². The third kappa shape index (κ3) is 9.30. The maximum atomic E-state index is 12.8. The van der Waals surface area contributed by atoms with E-state index in [-0.39, 0.29) is 39.4 Å². The van der Waals surface area contributed by atoms with Gasteiger partial charge in [0.05, 0.1) is 38.9 Å². The van der Waals surface area contributed by atoms with E-state index in [0.29, 0.717) is 22.5 Å². The number of nitrogens with zero attached hydrogens (tertiary/aromatic N) is 3. The number of hydrogen-bond acceptors (Lipinski definition) is 3. The molecule has 69 heavy (non-hydrogen) atoms. The predicted molar refractivity (Wildman–Crippen MR) is 293 cm³/mol. The number of aromatic hydroxyl groups is 1. The molecule has 2 heterocycles. The Morgan fingerprint density at radius 3 is 1.78 bits per heavy atom. The number of imidazole rings is 1. The molecular weight excluding hydrogens is 839 g/mol. The van der Waals surface area contributed by atoms with E-state index in [1.165, 1.54) is 5.56 Å². The molecule has 0 radical (unpaired) electrons. The van der Waals surface area contributed by atoms with Crippen LogP contribution in [0.3, 0.4) is 0 Å². The number of pyridine rings is 1. The molecule has 0 aliphatic carbocycles. The molecule has 0 saturated heterocycles. The van der Waals surface area contributed by atoms with Crippen molar-refractivity contribution in [3.05, 3.63) is 192 Å². The number of rotatable bonds is 7. The largest absolute Gasteiger partial charge is 0.507 e. The fourth-order valence-electron chi connectivity index (χ4n) is 9.06. The highest BCUT2D eigenvalue weighted by Gasteiger charge is 2.30. The van der Waals surface area contributed by atoms with E-state index in [9.17, 15) is 6.48 Å². The lowest BCUT2D eigenvalue weighted by atomic mass is 9.79. The Morgan fingerprint density at radius 2 is 1.13 bits per heavy atom. The summed E-state index contributed by atoms with van der Waals surface area (Å²) in [5, 5.41) is 12.8. The van der Waals surface area contributed by atoms with Crippen LogP contribution in [0.5, 0.6) is 5.75 Å². The molecule has 1 N–H and O–H groups in total. The first kappa shape index (κ1) is 37.9. The van der Waals surface area contributed by atoms with E-state index in [1.807, 2.05) is 30.3 Å². The van der Waals surface area contributed by atoms with E-state index >= 15 is 0 Å². The van der Waals surface area contributed by atoms with Crippen LogP contribution >= 0.6 is 0 Å². The molecule has 9 rings (SSSR count). The first-order valence-electron chi connectivity index (χ1n) is 27.8. The number of fused-ring (bicyclic) bond motifs is 1. The summed E-state index contributed by atoms with van der Waals surface area (Å²) in [6, 6.07) is 36.0. The first-order chi connectivity index (χ1) is 35.9. The summed E-state index contributed by atoms with van der Waals surface area (Å²) in [6.45, 7) is 27.8. The highest BCUT2D eigenvalue weighted by Crippen LogP contribution is 2.47. The van der Waals surface area contributed by atoms with Crippen molar-refractivity contribution in [1.82, 2.24) is 14.5 Å². The number of phenolic OH excluding ortho intramolecular Hbond substituents is 1. The van der Waals surface area contributed by atoms with Crippen molar-refractivity contribution in [2.75, 3.05) is 0 Å². The number of aryl methyl sites for hydroxylation is 1. The molecule has 0 aliphatic heterocycles. The van der Waals surface area contributed by atoms with E-state index in [1.54, 1.807) is 0 Å². The fraction of sp³-hybridized carbons (Fsp3) is 0.262. The lowest BCUT2D eigenvalue weighted by molar-refractivity contribution is 0.446. The van der Waals surface area contributed by atoms with Gasteiger partial charge in [0.1, 0.15) is 11.6 Å². The minimum absolute atomic E-state index is 0.0216. The normalized spacial score (nSPS) is 14.1. The minimum Gasteiger partial charge on any atom is -0.507 e. The molecule has 0 amide bonds. The Kier molecular flexibility index (Phi) is 9.60. The second-order valence-electron chi connectivity index (χ2n) is 22.5. The van der Waals surface area contributed by atoms with Crippen molar-refractivity contribution in [3.8, 4) is 78.6 Å². The van der Waals surface area contributed by atoms with Crippen LogP contribution in [0.1, 0.15) is 122 Å². The number of benzene rings is 7. The second-order valence-corrected chi connectivity index (χ2v) is 22.5. The van der Waals surface area contributed by atoms with Crippen LogP contribution in [0.25, 0.3) is 83.9 Å². The molecule has 0 bridgehead atoms. The SMILES string of the molecule is [2H]c1nc(-c2cc(-c3cccc4c3nc(-c3cc(C(C)(C)C)cc(C(C)(C)C)c3O)n4-c3cc(C)c(-c4ccccc4)cc3-c3ccc(C(C)(C)C)cc3)cc(C(C)(C)C)c2)c([2H])c(-c2c([2H])c([2H])c([2H])c([2H])c2[2H])c1[2H]. The summed E-state index contributed by atoms with van der Waals surface area (Å²) in [5.41, 5.74) is 12.0. The molecule has 0 unspecified atom stereocenters. The van der Waals surface area contributed by atoms with Crippen LogP contribution in [0.2, 0.25) is 0 Å². The van der Waals surface area contributed by atoms with Gasteiger partial charge < -0.3 is 5.11 Å². The standard InChI is InChI=1S/C65H67N3O/c1-41-33-58(53(40-52(41)43-23-18-15-19-24-43)44-27-29-48(30-28-44)62(2,3)4)68-57-26-20-25-51(59(57)67-61(68)54-38-50(64(8,9)10)39-55(60(54)69)65(11,12)13)46-34-47(36-49(35-46)63(5,6)7)56-37-45(31-32-66-56)42-21-16-14-17-22-42/h14-40,69H,1-13H3/i14D,16D,17D,21D,22D,31D,32D,37D. The second kappa shape index (κ2) is 17.5. The maximum Gasteiger partial charge on any atom is 0.149 e. The summed E-state index contributed by atoms with van der Waals surface area (Å²) in [6.07, 6.45) is -0.504. The average Bonchev–Trinajstić information content (AvgIpc) is 3.85. The van der Waals surface area contributed by atoms with E-state index in [2.05, 4.69) is 184 Å². The molecule has 7 aromatic carbocycles. The molecule has 0 spiro atoms. The van der Waals surface area contributed by atoms with Gasteiger partial charge in [-0.3, -0.25) is 9.55 Å². The molecule has 0 aliphatic rings. The number of aromatic nitrogens is 3. The van der Waals surface area contributed by atoms with Crippen LogP contribution in [-0.2, 0) is 21.7 Å². The first-order valence-corrected chi connectivity index (χ1v) is 23.8. The van der Waals surface area contributed by atoms with Gasteiger partial charge in [0, 0.05) is 28.4 Å². The molecule has 2 aromatic heterocycles. The van der Waals surface area contributed by atoms with Crippen LogP contribution in [0, 0.1) is 6.92 Å². The fourth-order valence-corrected chi connectivity index (χ4v) is 9.06. The van der Waals surface area contributed by atoms with Crippen molar-refractivity contribution in [2.24, 2.45) is 0 Å². The lowest BCUT2D eigenvalue weighted by Gasteiger charge is -2.28. The van der Waals surface area contributed by atoms with Gasteiger partial charge >= 0.3 is 0 Å². The van der Waals surface area contributed by atoms with Gasteiger partial charge in [-0.2, -0.15) is 0 Å². The van der Waals surface area contributed by atoms with Gasteiger partial charge in [0.2, 0.25) is 0 Å². The summed E-state index contributed by atoms with van der Waals surface area (Å²) in [5.74, 6) is 0.679. The average molecular weight is 914 g/mol. The zero-order valence-corrected chi connectivity index (χ0v) is 42.3. The summed E-state index contributed by atoms with van der Waals surface area (Å²) in [4.78, 5) is 10.2. The van der Waals surface area contributed by atoms with E-state index in [4.69, 9.17) is 14.6 Å². The van der Waals surface area contributed by atoms with Gasteiger partial charge in [-0.05, 0) is 133 Å². The molecule has 4 nitrogen and oxygen atoms in total. The van der Waals surface area contributed by atoms with Crippen LogP contribution in [0.4, 0.5) is 0 Å². The van der Waals surface area contributed by atoms with Gasteiger partial charge in [0.15, 0.2) is 0 Å². The molecule has 348 valence electrons. The third-order valence-corrected chi connectivity index (χ3v) is 13.2. The van der Waals surface area contributed by atoms with Crippen molar-refractivity contribution in [1.29, 1.82) is 0 Å². The molecular formula is C65H67N3O. The van der Waals surface area contributed by atoms with Gasteiger partial charge in [-0.15, -0.1) is 0 Å².